The molecule has 3 amide bonds. The molecule has 2 aromatic rings. The van der Waals surface area contributed by atoms with Crippen molar-refractivity contribution in [2.24, 2.45) is 0 Å². The first-order valence-electron chi connectivity index (χ1n) is 7.25. The van der Waals surface area contributed by atoms with E-state index in [2.05, 4.69) is 16.0 Å². The summed E-state index contributed by atoms with van der Waals surface area (Å²) >= 11 is 0. The molecule has 7 nitrogen and oxygen atoms in total. The molecule has 3 N–H and O–H groups in total. The van der Waals surface area contributed by atoms with Gasteiger partial charge in [0.25, 0.3) is 5.91 Å². The van der Waals surface area contributed by atoms with Crippen molar-refractivity contribution in [3.05, 3.63) is 47.9 Å². The van der Waals surface area contributed by atoms with Gasteiger partial charge in [-0.15, -0.1) is 0 Å². The summed E-state index contributed by atoms with van der Waals surface area (Å²) in [6, 6.07) is 8.46. The smallest absolute Gasteiger partial charge is 0.315 e. The van der Waals surface area contributed by atoms with Crippen LogP contribution in [-0.4, -0.2) is 18.5 Å². The molecule has 1 atom stereocenters. The topological polar surface area (TPSA) is 92.6 Å². The summed E-state index contributed by atoms with van der Waals surface area (Å²) in [6.45, 7) is 2.20. The molecule has 0 saturated heterocycles. The van der Waals surface area contributed by atoms with Crippen molar-refractivity contribution in [3.8, 4) is 5.75 Å². The monoisotopic (exact) mass is 315 g/mol. The summed E-state index contributed by atoms with van der Waals surface area (Å²) < 4.78 is 10.5. The van der Waals surface area contributed by atoms with Gasteiger partial charge in [0.2, 0.25) is 0 Å². The Labute approximate surface area is 133 Å². The zero-order valence-electron chi connectivity index (χ0n) is 12.6. The lowest BCUT2D eigenvalue weighted by atomic mass is 10.1. The quantitative estimate of drug-likeness (QED) is 0.806. The highest BCUT2D eigenvalue weighted by atomic mass is 16.5. The third-order valence-corrected chi connectivity index (χ3v) is 3.49. The number of furan rings is 1. The van der Waals surface area contributed by atoms with E-state index in [1.165, 1.54) is 0 Å². The molecule has 1 aliphatic rings. The van der Waals surface area contributed by atoms with Crippen LogP contribution in [0.4, 0.5) is 10.5 Å². The Morgan fingerprint density at radius 1 is 1.39 bits per heavy atom. The summed E-state index contributed by atoms with van der Waals surface area (Å²) in [5.74, 6) is 1.12. The van der Waals surface area contributed by atoms with E-state index < -0.39 is 0 Å². The summed E-state index contributed by atoms with van der Waals surface area (Å²) in [4.78, 5) is 23.3. The maximum atomic E-state index is 11.9. The lowest BCUT2D eigenvalue weighted by Gasteiger charge is -2.21. The van der Waals surface area contributed by atoms with Gasteiger partial charge in [0.1, 0.15) is 11.5 Å². The molecule has 23 heavy (non-hydrogen) atoms. The molecule has 0 fully saturated rings. The third kappa shape index (κ3) is 3.63. The van der Waals surface area contributed by atoms with Gasteiger partial charge in [-0.05, 0) is 36.8 Å². The number of amides is 3. The first kappa shape index (κ1) is 15.0. The second-order valence-electron chi connectivity index (χ2n) is 5.22. The van der Waals surface area contributed by atoms with Crippen LogP contribution in [0.1, 0.15) is 24.3 Å². The molecule has 0 spiro atoms. The molecule has 120 valence electrons. The Morgan fingerprint density at radius 2 is 2.26 bits per heavy atom. The van der Waals surface area contributed by atoms with Crippen LogP contribution in [-0.2, 0) is 11.3 Å². The average Bonchev–Trinajstić information content (AvgIpc) is 3.05. The Kier molecular flexibility index (Phi) is 4.18. The van der Waals surface area contributed by atoms with Crippen LogP contribution >= 0.6 is 0 Å². The molecule has 0 radical (unpaired) electrons. The van der Waals surface area contributed by atoms with Crippen LogP contribution < -0.4 is 20.7 Å². The zero-order chi connectivity index (χ0) is 16.2. The third-order valence-electron chi connectivity index (χ3n) is 3.49. The first-order valence-corrected chi connectivity index (χ1v) is 7.25. The summed E-state index contributed by atoms with van der Waals surface area (Å²) in [7, 11) is 0. The number of carbonyl (C=O) groups excluding carboxylic acids is 2. The predicted molar refractivity (Wildman–Crippen MR) is 83.1 cm³/mol. The van der Waals surface area contributed by atoms with Crippen LogP contribution in [0, 0.1) is 0 Å². The van der Waals surface area contributed by atoms with Crippen LogP contribution in [0.3, 0.4) is 0 Å². The number of carbonyl (C=O) groups is 2. The molecular weight excluding hydrogens is 298 g/mol. The molecule has 2 heterocycles. The maximum absolute atomic E-state index is 11.9. The van der Waals surface area contributed by atoms with E-state index in [0.29, 0.717) is 23.7 Å². The normalized spacial score (nSPS) is 14.2. The largest absolute Gasteiger partial charge is 0.482 e. The van der Waals surface area contributed by atoms with E-state index in [0.717, 1.165) is 5.56 Å². The predicted octanol–water partition coefficient (Wildman–Crippen LogP) is 2.17. The molecule has 1 aliphatic heterocycles. The number of ether oxygens (including phenoxy) is 1. The van der Waals surface area contributed by atoms with Crippen molar-refractivity contribution in [2.75, 3.05) is 11.9 Å². The fourth-order valence-electron chi connectivity index (χ4n) is 2.28. The Morgan fingerprint density at radius 3 is 3.04 bits per heavy atom. The van der Waals surface area contributed by atoms with Gasteiger partial charge < -0.3 is 25.1 Å². The van der Waals surface area contributed by atoms with Gasteiger partial charge in [-0.2, -0.15) is 0 Å². The fourth-order valence-corrected chi connectivity index (χ4v) is 2.28. The van der Waals surface area contributed by atoms with Gasteiger partial charge in [-0.3, -0.25) is 4.79 Å². The van der Waals surface area contributed by atoms with E-state index >= 15 is 0 Å². The number of nitrogens with one attached hydrogen (secondary N) is 3. The highest BCUT2D eigenvalue weighted by Gasteiger charge is 2.18. The standard InChI is InChI=1S/C16H17N3O4/c1-10(18-16(21)17-8-12-3-2-6-22-12)11-4-5-14-13(7-11)19-15(20)9-23-14/h2-7,10H,8-9H2,1H3,(H,19,20)(H2,17,18,21)/t10-/m0/s1. The van der Waals surface area contributed by atoms with Crippen molar-refractivity contribution >= 4 is 17.6 Å². The number of benzene rings is 1. The second-order valence-corrected chi connectivity index (χ2v) is 5.22. The summed E-state index contributed by atoms with van der Waals surface area (Å²) in [5, 5.41) is 8.30. The lowest BCUT2D eigenvalue weighted by molar-refractivity contribution is -0.118. The van der Waals surface area contributed by atoms with Gasteiger partial charge in [-0.1, -0.05) is 6.07 Å². The molecule has 3 rings (SSSR count). The molecule has 7 heteroatoms. The van der Waals surface area contributed by atoms with E-state index in [1.807, 2.05) is 13.0 Å². The summed E-state index contributed by atoms with van der Waals surface area (Å²) in [5.41, 5.74) is 1.48. The maximum Gasteiger partial charge on any atom is 0.315 e. The molecule has 1 aromatic heterocycles. The van der Waals surface area contributed by atoms with Crippen LogP contribution in [0.15, 0.2) is 41.0 Å². The minimum absolute atomic E-state index is 0.0232. The molecule has 0 bridgehead atoms. The van der Waals surface area contributed by atoms with Gasteiger partial charge in [0, 0.05) is 0 Å². The van der Waals surface area contributed by atoms with Crippen LogP contribution in [0.25, 0.3) is 0 Å². The number of rotatable bonds is 4. The Bertz CT molecular complexity index is 712. The lowest BCUT2D eigenvalue weighted by Crippen LogP contribution is -2.36. The van der Waals surface area contributed by atoms with Gasteiger partial charge in [0.05, 0.1) is 24.5 Å². The van der Waals surface area contributed by atoms with Crippen molar-refractivity contribution in [1.82, 2.24) is 10.6 Å². The van der Waals surface area contributed by atoms with E-state index in [-0.39, 0.29) is 24.6 Å². The molecule has 0 saturated carbocycles. The fraction of sp³-hybridized carbons (Fsp3) is 0.250. The minimum Gasteiger partial charge on any atom is -0.482 e. The van der Waals surface area contributed by atoms with Crippen molar-refractivity contribution in [2.45, 2.75) is 19.5 Å². The number of hydrogen-bond donors (Lipinski definition) is 3. The number of anilines is 1. The first-order chi connectivity index (χ1) is 11.1. The van der Waals surface area contributed by atoms with Crippen molar-refractivity contribution in [1.29, 1.82) is 0 Å². The van der Waals surface area contributed by atoms with E-state index in [4.69, 9.17) is 9.15 Å². The van der Waals surface area contributed by atoms with Crippen LogP contribution in [0.2, 0.25) is 0 Å². The highest BCUT2D eigenvalue weighted by Crippen LogP contribution is 2.30. The molecule has 1 aromatic carbocycles. The highest BCUT2D eigenvalue weighted by molar-refractivity contribution is 5.95. The van der Waals surface area contributed by atoms with Crippen molar-refractivity contribution < 1.29 is 18.7 Å². The van der Waals surface area contributed by atoms with E-state index in [9.17, 15) is 9.59 Å². The minimum atomic E-state index is -0.299. The average molecular weight is 315 g/mol. The Hall–Kier alpha value is -2.96. The molecular formula is C16H17N3O4. The number of hydrogen-bond acceptors (Lipinski definition) is 4. The number of fused-ring (bicyclic) bond motifs is 1. The SMILES string of the molecule is C[C@H](NC(=O)NCc1ccco1)c1ccc2c(c1)NC(=O)CO2. The number of urea groups is 1. The molecule has 0 unspecified atom stereocenters. The van der Waals surface area contributed by atoms with E-state index in [1.54, 1.807) is 30.5 Å². The Balaban J connectivity index is 1.59. The van der Waals surface area contributed by atoms with Gasteiger partial charge >= 0.3 is 6.03 Å². The molecule has 0 aliphatic carbocycles. The summed E-state index contributed by atoms with van der Waals surface area (Å²) in [6.07, 6.45) is 1.56. The zero-order valence-corrected chi connectivity index (χ0v) is 12.6. The van der Waals surface area contributed by atoms with Gasteiger partial charge in [-0.25, -0.2) is 4.79 Å². The van der Waals surface area contributed by atoms with Crippen LogP contribution in [0.5, 0.6) is 5.75 Å². The van der Waals surface area contributed by atoms with Gasteiger partial charge in [0.15, 0.2) is 6.61 Å². The van der Waals surface area contributed by atoms with Crippen molar-refractivity contribution in [3.63, 3.8) is 0 Å². The second kappa shape index (κ2) is 6.43.